The molecule has 0 heterocycles. The standard InChI is InChI=1S/C16H17ClFNO/c17-15-8-4-9-16(18)14(15)12-19-10-5-11-20-13-6-2-1-3-7-13/h1-4,6-9,19H,5,10-12H2. The Morgan fingerprint density at radius 2 is 1.85 bits per heavy atom. The maximum absolute atomic E-state index is 13.5. The van der Waals surface area contributed by atoms with Crippen LogP contribution in [0.3, 0.4) is 0 Å². The summed E-state index contributed by atoms with van der Waals surface area (Å²) in [5.41, 5.74) is 0.512. The summed E-state index contributed by atoms with van der Waals surface area (Å²) in [7, 11) is 0. The van der Waals surface area contributed by atoms with Crippen LogP contribution in [0, 0.1) is 5.82 Å². The van der Waals surface area contributed by atoms with E-state index < -0.39 is 0 Å². The zero-order valence-electron chi connectivity index (χ0n) is 11.1. The fourth-order valence-electron chi connectivity index (χ4n) is 1.82. The molecule has 0 aliphatic carbocycles. The molecule has 0 fully saturated rings. The van der Waals surface area contributed by atoms with Crippen molar-refractivity contribution in [2.75, 3.05) is 13.2 Å². The fraction of sp³-hybridized carbons (Fsp3) is 0.250. The van der Waals surface area contributed by atoms with Crippen LogP contribution < -0.4 is 10.1 Å². The maximum atomic E-state index is 13.5. The van der Waals surface area contributed by atoms with E-state index >= 15 is 0 Å². The van der Waals surface area contributed by atoms with Crippen molar-refractivity contribution in [2.45, 2.75) is 13.0 Å². The van der Waals surface area contributed by atoms with E-state index in [1.165, 1.54) is 6.07 Å². The van der Waals surface area contributed by atoms with Crippen LogP contribution in [0.2, 0.25) is 5.02 Å². The van der Waals surface area contributed by atoms with Crippen LogP contribution in [0.1, 0.15) is 12.0 Å². The van der Waals surface area contributed by atoms with Gasteiger partial charge in [-0.1, -0.05) is 35.9 Å². The Morgan fingerprint density at radius 1 is 1.05 bits per heavy atom. The first-order valence-corrected chi connectivity index (χ1v) is 6.96. The van der Waals surface area contributed by atoms with Gasteiger partial charge in [-0.25, -0.2) is 4.39 Å². The molecule has 0 saturated carbocycles. The van der Waals surface area contributed by atoms with Gasteiger partial charge in [-0.3, -0.25) is 0 Å². The van der Waals surface area contributed by atoms with Gasteiger partial charge in [-0.05, 0) is 37.2 Å². The Balaban J connectivity index is 1.65. The van der Waals surface area contributed by atoms with Crippen LogP contribution in [0.25, 0.3) is 0 Å². The Kier molecular flexibility index (Phi) is 5.84. The lowest BCUT2D eigenvalue weighted by Crippen LogP contribution is -2.18. The zero-order valence-corrected chi connectivity index (χ0v) is 11.9. The molecule has 2 aromatic carbocycles. The Morgan fingerprint density at radius 3 is 2.60 bits per heavy atom. The first-order valence-electron chi connectivity index (χ1n) is 6.59. The van der Waals surface area contributed by atoms with Crippen molar-refractivity contribution in [1.29, 1.82) is 0 Å². The molecule has 0 radical (unpaired) electrons. The van der Waals surface area contributed by atoms with E-state index in [4.69, 9.17) is 16.3 Å². The Hall–Kier alpha value is -1.58. The first kappa shape index (κ1) is 14.8. The van der Waals surface area contributed by atoms with E-state index in [1.807, 2.05) is 30.3 Å². The normalized spacial score (nSPS) is 10.5. The molecule has 0 saturated heterocycles. The smallest absolute Gasteiger partial charge is 0.129 e. The molecule has 0 unspecified atom stereocenters. The highest BCUT2D eigenvalue weighted by molar-refractivity contribution is 6.31. The fourth-order valence-corrected chi connectivity index (χ4v) is 2.05. The lowest BCUT2D eigenvalue weighted by Gasteiger charge is -2.09. The van der Waals surface area contributed by atoms with Gasteiger partial charge in [0.25, 0.3) is 0 Å². The summed E-state index contributed by atoms with van der Waals surface area (Å²) in [6.45, 7) is 1.80. The van der Waals surface area contributed by atoms with Crippen molar-refractivity contribution in [3.8, 4) is 5.75 Å². The number of halogens is 2. The van der Waals surface area contributed by atoms with Gasteiger partial charge in [0.15, 0.2) is 0 Å². The monoisotopic (exact) mass is 293 g/mol. The summed E-state index contributed by atoms with van der Waals surface area (Å²) in [6.07, 6.45) is 0.848. The van der Waals surface area contributed by atoms with E-state index in [0.29, 0.717) is 23.7 Å². The molecule has 0 spiro atoms. The first-order chi connectivity index (χ1) is 9.77. The average Bonchev–Trinajstić information content (AvgIpc) is 2.46. The van der Waals surface area contributed by atoms with Crippen molar-refractivity contribution in [3.05, 3.63) is 64.9 Å². The van der Waals surface area contributed by atoms with E-state index in [0.717, 1.165) is 18.7 Å². The predicted molar refractivity (Wildman–Crippen MR) is 79.7 cm³/mol. The van der Waals surface area contributed by atoms with Gasteiger partial charge in [0, 0.05) is 17.1 Å². The molecule has 0 aromatic heterocycles. The van der Waals surface area contributed by atoms with E-state index in [1.54, 1.807) is 12.1 Å². The molecule has 0 aliphatic rings. The second kappa shape index (κ2) is 7.88. The molecule has 0 amide bonds. The third-order valence-corrected chi connectivity index (χ3v) is 3.23. The van der Waals surface area contributed by atoms with Gasteiger partial charge in [0.2, 0.25) is 0 Å². The SMILES string of the molecule is Fc1cccc(Cl)c1CNCCCOc1ccccc1. The molecule has 4 heteroatoms. The van der Waals surface area contributed by atoms with E-state index in [9.17, 15) is 4.39 Å². The zero-order chi connectivity index (χ0) is 14.2. The quantitative estimate of drug-likeness (QED) is 0.778. The number of ether oxygens (including phenoxy) is 1. The number of nitrogens with one attached hydrogen (secondary N) is 1. The van der Waals surface area contributed by atoms with Crippen LogP contribution in [0.4, 0.5) is 4.39 Å². The summed E-state index contributed by atoms with van der Waals surface area (Å²) in [5.74, 6) is 0.593. The maximum Gasteiger partial charge on any atom is 0.129 e. The number of rotatable bonds is 7. The van der Waals surface area contributed by atoms with Crippen LogP contribution in [0.5, 0.6) is 5.75 Å². The van der Waals surface area contributed by atoms with Crippen molar-refractivity contribution < 1.29 is 9.13 Å². The van der Waals surface area contributed by atoms with Gasteiger partial charge in [-0.15, -0.1) is 0 Å². The number of benzene rings is 2. The summed E-state index contributed by atoms with van der Waals surface area (Å²) < 4.78 is 19.1. The van der Waals surface area contributed by atoms with E-state index in [2.05, 4.69) is 5.32 Å². The summed E-state index contributed by atoms with van der Waals surface area (Å²) in [5, 5.41) is 3.62. The second-order valence-corrected chi connectivity index (χ2v) is 4.80. The summed E-state index contributed by atoms with van der Waals surface area (Å²) in [4.78, 5) is 0. The third kappa shape index (κ3) is 4.51. The van der Waals surface area contributed by atoms with Gasteiger partial charge < -0.3 is 10.1 Å². The average molecular weight is 294 g/mol. The van der Waals surface area contributed by atoms with Gasteiger partial charge in [0.05, 0.1) is 6.61 Å². The van der Waals surface area contributed by atoms with Gasteiger partial charge in [0.1, 0.15) is 11.6 Å². The molecule has 0 atom stereocenters. The molecule has 2 rings (SSSR count). The van der Waals surface area contributed by atoms with Crippen LogP contribution in [0.15, 0.2) is 48.5 Å². The van der Waals surface area contributed by atoms with Crippen molar-refractivity contribution in [3.63, 3.8) is 0 Å². The molecule has 2 aromatic rings. The lowest BCUT2D eigenvalue weighted by molar-refractivity contribution is 0.308. The number of hydrogen-bond acceptors (Lipinski definition) is 2. The topological polar surface area (TPSA) is 21.3 Å². The molecule has 0 bridgehead atoms. The Labute approximate surface area is 123 Å². The highest BCUT2D eigenvalue weighted by Gasteiger charge is 2.05. The lowest BCUT2D eigenvalue weighted by atomic mass is 10.2. The van der Waals surface area contributed by atoms with Crippen molar-refractivity contribution >= 4 is 11.6 Å². The molecular weight excluding hydrogens is 277 g/mol. The summed E-state index contributed by atoms with van der Waals surface area (Å²) >= 11 is 5.94. The van der Waals surface area contributed by atoms with Crippen LogP contribution in [-0.4, -0.2) is 13.2 Å². The van der Waals surface area contributed by atoms with Crippen molar-refractivity contribution in [2.24, 2.45) is 0 Å². The highest BCUT2D eigenvalue weighted by atomic mass is 35.5. The highest BCUT2D eigenvalue weighted by Crippen LogP contribution is 2.18. The Bertz CT molecular complexity index is 513. The van der Waals surface area contributed by atoms with Gasteiger partial charge in [-0.2, -0.15) is 0 Å². The minimum atomic E-state index is -0.273. The van der Waals surface area contributed by atoms with Crippen molar-refractivity contribution in [1.82, 2.24) is 5.32 Å². The predicted octanol–water partition coefficient (Wildman–Crippen LogP) is 4.04. The van der Waals surface area contributed by atoms with Crippen LogP contribution >= 0.6 is 11.6 Å². The number of hydrogen-bond donors (Lipinski definition) is 1. The molecular formula is C16H17ClFNO. The van der Waals surface area contributed by atoms with E-state index in [-0.39, 0.29) is 5.82 Å². The van der Waals surface area contributed by atoms with Gasteiger partial charge >= 0.3 is 0 Å². The third-order valence-electron chi connectivity index (χ3n) is 2.87. The number of para-hydroxylation sites is 1. The largest absolute Gasteiger partial charge is 0.494 e. The molecule has 20 heavy (non-hydrogen) atoms. The van der Waals surface area contributed by atoms with Crippen LogP contribution in [-0.2, 0) is 6.54 Å². The molecule has 0 aliphatic heterocycles. The molecule has 2 nitrogen and oxygen atoms in total. The minimum Gasteiger partial charge on any atom is -0.494 e. The molecule has 1 N–H and O–H groups in total. The second-order valence-electron chi connectivity index (χ2n) is 4.39. The summed E-state index contributed by atoms with van der Waals surface area (Å²) in [6, 6.07) is 14.4. The molecule has 106 valence electrons. The minimum absolute atomic E-state index is 0.273.